The third-order valence-electron chi connectivity index (χ3n) is 2.16. The molecule has 0 radical (unpaired) electrons. The van der Waals surface area contributed by atoms with E-state index in [-0.39, 0.29) is 17.5 Å². The highest BCUT2D eigenvalue weighted by Crippen LogP contribution is 2.09. The van der Waals surface area contributed by atoms with Crippen molar-refractivity contribution in [1.29, 1.82) is 0 Å². The second-order valence-electron chi connectivity index (χ2n) is 3.61. The molecule has 0 aliphatic carbocycles. The molecule has 92 valence electrons. The number of carbonyl (C=O) groups is 1. The summed E-state index contributed by atoms with van der Waals surface area (Å²) in [7, 11) is 0. The Balaban J connectivity index is 2.54. The minimum absolute atomic E-state index is 0.0799. The van der Waals surface area contributed by atoms with E-state index in [1.165, 1.54) is 10.9 Å². The van der Waals surface area contributed by atoms with Crippen LogP contribution in [-0.4, -0.2) is 27.2 Å². The predicted molar refractivity (Wildman–Crippen MR) is 61.3 cm³/mol. The molecule has 1 N–H and O–H groups in total. The lowest BCUT2D eigenvalue weighted by molar-refractivity contribution is -0.385. The van der Waals surface area contributed by atoms with Crippen molar-refractivity contribution in [2.24, 2.45) is 5.92 Å². The van der Waals surface area contributed by atoms with Crippen molar-refractivity contribution in [3.63, 3.8) is 0 Å². The molecule has 0 bridgehead atoms. The lowest BCUT2D eigenvalue weighted by atomic mass is 10.1. The van der Waals surface area contributed by atoms with Crippen molar-refractivity contribution in [2.45, 2.75) is 13.5 Å². The Hall–Kier alpha value is -2.18. The van der Waals surface area contributed by atoms with E-state index in [4.69, 9.17) is 0 Å². The van der Waals surface area contributed by atoms with E-state index in [9.17, 15) is 14.9 Å². The van der Waals surface area contributed by atoms with Crippen LogP contribution in [0.15, 0.2) is 25.0 Å². The second-order valence-corrected chi connectivity index (χ2v) is 3.61. The Labute approximate surface area is 98.3 Å². The highest BCUT2D eigenvalue weighted by molar-refractivity contribution is 5.78. The van der Waals surface area contributed by atoms with Crippen LogP contribution in [0, 0.1) is 16.0 Å². The van der Waals surface area contributed by atoms with Gasteiger partial charge < -0.3 is 5.32 Å². The number of nitrogens with zero attached hydrogens (tertiary/aromatic N) is 3. The summed E-state index contributed by atoms with van der Waals surface area (Å²) in [4.78, 5) is 21.4. The standard InChI is InChI=1S/C10H14N4O3/c1-3-4-11-10(15)8(2)6-13-7-9(5-12-13)14(16)17/h3,5,7-8H,1,4,6H2,2H3,(H,11,15)/t8-/m0/s1. The lowest BCUT2D eigenvalue weighted by Gasteiger charge is -2.10. The number of nitro groups is 1. The van der Waals surface area contributed by atoms with E-state index < -0.39 is 4.92 Å². The zero-order chi connectivity index (χ0) is 12.8. The molecule has 17 heavy (non-hydrogen) atoms. The molecule has 1 heterocycles. The van der Waals surface area contributed by atoms with Crippen LogP contribution in [0.25, 0.3) is 0 Å². The number of hydrogen-bond acceptors (Lipinski definition) is 4. The molecule has 1 amide bonds. The summed E-state index contributed by atoms with van der Waals surface area (Å²) in [6, 6.07) is 0. The Bertz CT molecular complexity index is 427. The van der Waals surface area contributed by atoms with Gasteiger partial charge in [-0.2, -0.15) is 5.10 Å². The van der Waals surface area contributed by atoms with Gasteiger partial charge in [-0.05, 0) is 0 Å². The van der Waals surface area contributed by atoms with Crippen LogP contribution in [0.2, 0.25) is 0 Å². The molecule has 0 fully saturated rings. The number of rotatable bonds is 6. The summed E-state index contributed by atoms with van der Waals surface area (Å²) in [5.74, 6) is -0.447. The van der Waals surface area contributed by atoms with Gasteiger partial charge in [0.15, 0.2) is 0 Å². The Morgan fingerprint density at radius 2 is 2.53 bits per heavy atom. The smallest absolute Gasteiger partial charge is 0.306 e. The quantitative estimate of drug-likeness (QED) is 0.449. The molecule has 1 aromatic rings. The zero-order valence-corrected chi connectivity index (χ0v) is 9.50. The summed E-state index contributed by atoms with van der Waals surface area (Å²) in [6.45, 7) is 5.93. The van der Waals surface area contributed by atoms with Gasteiger partial charge in [-0.1, -0.05) is 13.0 Å². The van der Waals surface area contributed by atoms with Crippen LogP contribution >= 0.6 is 0 Å². The molecule has 1 aromatic heterocycles. The molecule has 7 nitrogen and oxygen atoms in total. The molecule has 0 spiro atoms. The predicted octanol–water partition coefficient (Wildman–Crippen LogP) is 0.730. The molecular weight excluding hydrogens is 224 g/mol. The van der Waals surface area contributed by atoms with Gasteiger partial charge in [0.25, 0.3) is 0 Å². The molecule has 1 atom stereocenters. The van der Waals surface area contributed by atoms with Crippen molar-refractivity contribution >= 4 is 11.6 Å². The molecule has 7 heteroatoms. The van der Waals surface area contributed by atoms with Gasteiger partial charge in [0.05, 0.1) is 17.4 Å². The fraction of sp³-hybridized carbons (Fsp3) is 0.400. The molecule has 0 aromatic carbocycles. The maximum absolute atomic E-state index is 11.5. The Morgan fingerprint density at radius 3 is 3.06 bits per heavy atom. The van der Waals surface area contributed by atoms with Crippen molar-refractivity contribution in [3.8, 4) is 0 Å². The normalized spacial score (nSPS) is 11.8. The van der Waals surface area contributed by atoms with E-state index in [2.05, 4.69) is 17.0 Å². The first-order valence-electron chi connectivity index (χ1n) is 5.10. The molecule has 0 unspecified atom stereocenters. The first-order chi connectivity index (χ1) is 8.04. The fourth-order valence-corrected chi connectivity index (χ4v) is 1.26. The van der Waals surface area contributed by atoms with Crippen LogP contribution in [0.5, 0.6) is 0 Å². The minimum atomic E-state index is -0.522. The van der Waals surface area contributed by atoms with E-state index >= 15 is 0 Å². The van der Waals surface area contributed by atoms with Crippen LogP contribution < -0.4 is 5.32 Å². The monoisotopic (exact) mass is 238 g/mol. The topological polar surface area (TPSA) is 90.1 Å². The number of nitrogens with one attached hydrogen (secondary N) is 1. The Morgan fingerprint density at radius 1 is 1.82 bits per heavy atom. The fourth-order valence-electron chi connectivity index (χ4n) is 1.26. The molecular formula is C10H14N4O3. The van der Waals surface area contributed by atoms with E-state index in [1.807, 2.05) is 0 Å². The maximum atomic E-state index is 11.5. The average Bonchev–Trinajstić information content (AvgIpc) is 2.74. The van der Waals surface area contributed by atoms with Gasteiger partial charge in [-0.3, -0.25) is 19.6 Å². The number of aromatic nitrogens is 2. The summed E-state index contributed by atoms with van der Waals surface area (Å²) in [5, 5.41) is 16.9. The third kappa shape index (κ3) is 3.71. The summed E-state index contributed by atoms with van der Waals surface area (Å²) < 4.78 is 1.39. The number of amides is 1. The Kier molecular flexibility index (Phi) is 4.38. The molecule has 0 aliphatic rings. The highest BCUT2D eigenvalue weighted by Gasteiger charge is 2.15. The lowest BCUT2D eigenvalue weighted by Crippen LogP contribution is -2.31. The van der Waals surface area contributed by atoms with Crippen LogP contribution in [-0.2, 0) is 11.3 Å². The molecule has 0 aliphatic heterocycles. The largest absolute Gasteiger partial charge is 0.352 e. The molecule has 0 saturated carbocycles. The van der Waals surface area contributed by atoms with Crippen molar-refractivity contribution in [2.75, 3.05) is 6.54 Å². The number of hydrogen-bond donors (Lipinski definition) is 1. The van der Waals surface area contributed by atoms with Gasteiger partial charge >= 0.3 is 5.69 Å². The van der Waals surface area contributed by atoms with Gasteiger partial charge in [0.1, 0.15) is 12.4 Å². The third-order valence-corrected chi connectivity index (χ3v) is 2.16. The van der Waals surface area contributed by atoms with Gasteiger partial charge in [0, 0.05) is 6.54 Å². The summed E-state index contributed by atoms with van der Waals surface area (Å²) in [5.41, 5.74) is -0.0799. The maximum Gasteiger partial charge on any atom is 0.306 e. The SMILES string of the molecule is C=CCNC(=O)[C@@H](C)Cn1cc([N+](=O)[O-])cn1. The molecule has 1 rings (SSSR count). The van der Waals surface area contributed by atoms with E-state index in [0.717, 1.165) is 6.20 Å². The van der Waals surface area contributed by atoms with Gasteiger partial charge in [-0.25, -0.2) is 0 Å². The average molecular weight is 238 g/mol. The first kappa shape index (κ1) is 12.9. The van der Waals surface area contributed by atoms with Crippen LogP contribution in [0.3, 0.4) is 0 Å². The second kappa shape index (κ2) is 5.78. The van der Waals surface area contributed by atoms with Gasteiger partial charge in [-0.15, -0.1) is 6.58 Å². The van der Waals surface area contributed by atoms with Crippen LogP contribution in [0.1, 0.15) is 6.92 Å². The first-order valence-corrected chi connectivity index (χ1v) is 5.10. The van der Waals surface area contributed by atoms with Gasteiger partial charge in [0.2, 0.25) is 5.91 Å². The van der Waals surface area contributed by atoms with E-state index in [1.54, 1.807) is 13.0 Å². The summed E-state index contributed by atoms with van der Waals surface area (Å²) >= 11 is 0. The molecule has 0 saturated heterocycles. The highest BCUT2D eigenvalue weighted by atomic mass is 16.6. The van der Waals surface area contributed by atoms with Crippen molar-refractivity contribution in [1.82, 2.24) is 15.1 Å². The van der Waals surface area contributed by atoms with Crippen molar-refractivity contribution in [3.05, 3.63) is 35.2 Å². The van der Waals surface area contributed by atoms with Crippen molar-refractivity contribution < 1.29 is 9.72 Å². The van der Waals surface area contributed by atoms with Crippen LogP contribution in [0.4, 0.5) is 5.69 Å². The minimum Gasteiger partial charge on any atom is -0.352 e. The zero-order valence-electron chi connectivity index (χ0n) is 9.50. The number of carbonyl (C=O) groups excluding carboxylic acids is 1. The van der Waals surface area contributed by atoms with E-state index in [0.29, 0.717) is 13.1 Å². The summed E-state index contributed by atoms with van der Waals surface area (Å²) in [6.07, 6.45) is 4.05.